The molecule has 0 spiro atoms. The first-order valence-corrected chi connectivity index (χ1v) is 8.97. The number of fused-ring (bicyclic) bond motifs is 1. The van der Waals surface area contributed by atoms with Gasteiger partial charge in [-0.15, -0.1) is 11.3 Å². The first-order chi connectivity index (χ1) is 11.2. The molecule has 0 bridgehead atoms. The van der Waals surface area contributed by atoms with E-state index in [0.717, 1.165) is 16.0 Å². The summed E-state index contributed by atoms with van der Waals surface area (Å²) in [7, 11) is 0. The summed E-state index contributed by atoms with van der Waals surface area (Å²) in [6, 6.07) is 8.81. The molecule has 3 rings (SSSR count). The largest absolute Gasteiger partial charge is 0.314 e. The van der Waals surface area contributed by atoms with Crippen molar-refractivity contribution < 1.29 is 9.18 Å². The number of aryl methyl sites for hydroxylation is 1. The van der Waals surface area contributed by atoms with Crippen molar-refractivity contribution in [2.24, 2.45) is 4.99 Å². The molecule has 2 heterocycles. The number of halogens is 1. The number of nitrogens with zero attached hydrogens (tertiary/aromatic N) is 2. The summed E-state index contributed by atoms with van der Waals surface area (Å²) >= 11 is 2.89. The molecule has 3 nitrogen and oxygen atoms in total. The molecular formula is C17H15FN2OS2. The zero-order chi connectivity index (χ0) is 16.2. The van der Waals surface area contributed by atoms with Crippen molar-refractivity contribution >= 4 is 44.9 Å². The molecule has 0 saturated heterocycles. The third-order valence-corrected chi connectivity index (χ3v) is 5.12. The van der Waals surface area contributed by atoms with Crippen LogP contribution in [0, 0.1) is 5.82 Å². The van der Waals surface area contributed by atoms with E-state index in [1.807, 2.05) is 30.5 Å². The van der Waals surface area contributed by atoms with Crippen molar-refractivity contribution in [2.75, 3.05) is 0 Å². The molecule has 6 heteroatoms. The number of carbonyl (C=O) groups is 1. The predicted molar refractivity (Wildman–Crippen MR) is 94.0 cm³/mol. The van der Waals surface area contributed by atoms with Gasteiger partial charge in [-0.2, -0.15) is 4.99 Å². The Morgan fingerprint density at radius 3 is 2.96 bits per heavy atom. The lowest BCUT2D eigenvalue weighted by atomic mass is 10.3. The minimum Gasteiger partial charge on any atom is -0.314 e. The lowest BCUT2D eigenvalue weighted by Crippen LogP contribution is -2.16. The molecular weight excluding hydrogens is 331 g/mol. The van der Waals surface area contributed by atoms with Gasteiger partial charge in [0.2, 0.25) is 0 Å². The van der Waals surface area contributed by atoms with Gasteiger partial charge in [-0.05, 0) is 36.1 Å². The van der Waals surface area contributed by atoms with Crippen molar-refractivity contribution in [3.05, 3.63) is 57.3 Å². The van der Waals surface area contributed by atoms with Crippen molar-refractivity contribution in [1.82, 2.24) is 4.57 Å². The summed E-state index contributed by atoms with van der Waals surface area (Å²) in [5.74, 6) is -0.620. The summed E-state index contributed by atoms with van der Waals surface area (Å²) < 4.78 is 16.7. The van der Waals surface area contributed by atoms with Crippen LogP contribution in [0.2, 0.25) is 0 Å². The first kappa shape index (κ1) is 15.8. The Bertz CT molecular complexity index is 920. The van der Waals surface area contributed by atoms with Gasteiger partial charge in [0.05, 0.1) is 10.2 Å². The molecule has 0 aliphatic rings. The maximum absolute atomic E-state index is 14.1. The highest BCUT2D eigenvalue weighted by Gasteiger charge is 2.10. The number of para-hydroxylation sites is 1. The number of rotatable bonds is 4. The van der Waals surface area contributed by atoms with E-state index in [2.05, 4.69) is 4.99 Å². The van der Waals surface area contributed by atoms with Crippen LogP contribution in [0.15, 0.2) is 46.8 Å². The molecule has 0 aliphatic heterocycles. The van der Waals surface area contributed by atoms with Gasteiger partial charge in [0, 0.05) is 17.5 Å². The van der Waals surface area contributed by atoms with Gasteiger partial charge in [-0.1, -0.05) is 30.4 Å². The summed E-state index contributed by atoms with van der Waals surface area (Å²) in [5.41, 5.74) is 0.521. The van der Waals surface area contributed by atoms with Crippen molar-refractivity contribution in [3.63, 3.8) is 0 Å². The number of hydrogen-bond acceptors (Lipinski definition) is 3. The fraction of sp³-hybridized carbons (Fsp3) is 0.176. The Kier molecular flexibility index (Phi) is 4.83. The fourth-order valence-corrected chi connectivity index (χ4v) is 3.97. The van der Waals surface area contributed by atoms with Gasteiger partial charge < -0.3 is 4.57 Å². The Morgan fingerprint density at radius 2 is 2.22 bits per heavy atom. The zero-order valence-electron chi connectivity index (χ0n) is 12.5. The minimum absolute atomic E-state index is 0.282. The van der Waals surface area contributed by atoms with Crippen LogP contribution in [-0.2, 0) is 11.3 Å². The molecule has 0 N–H and O–H groups in total. The smallest absolute Gasteiger partial charge is 0.272 e. The second-order valence-corrected chi connectivity index (χ2v) is 6.91. The third kappa shape index (κ3) is 3.48. The van der Waals surface area contributed by atoms with Gasteiger partial charge in [-0.3, -0.25) is 4.79 Å². The van der Waals surface area contributed by atoms with E-state index in [1.165, 1.54) is 23.5 Å². The highest BCUT2D eigenvalue weighted by atomic mass is 32.1. The van der Waals surface area contributed by atoms with Crippen LogP contribution in [0.3, 0.4) is 0 Å². The maximum Gasteiger partial charge on any atom is 0.272 e. The van der Waals surface area contributed by atoms with Gasteiger partial charge in [0.15, 0.2) is 4.80 Å². The van der Waals surface area contributed by atoms with Gasteiger partial charge in [0.1, 0.15) is 5.82 Å². The summed E-state index contributed by atoms with van der Waals surface area (Å²) in [5, 5.41) is 1.95. The highest BCUT2D eigenvalue weighted by molar-refractivity contribution is 7.16. The van der Waals surface area contributed by atoms with E-state index in [1.54, 1.807) is 28.0 Å². The molecule has 0 radical (unpaired) electrons. The normalized spacial score (nSPS) is 12.5. The van der Waals surface area contributed by atoms with Crippen molar-refractivity contribution in [1.29, 1.82) is 0 Å². The van der Waals surface area contributed by atoms with Crippen LogP contribution < -0.4 is 4.80 Å². The molecule has 0 saturated carbocycles. The van der Waals surface area contributed by atoms with Crippen molar-refractivity contribution in [3.8, 4) is 0 Å². The summed E-state index contributed by atoms with van der Waals surface area (Å²) in [4.78, 5) is 17.8. The molecule has 1 amide bonds. The average Bonchev–Trinajstić information content (AvgIpc) is 3.15. The Balaban J connectivity index is 2.02. The number of benzene rings is 1. The number of thiophene rings is 1. The second kappa shape index (κ2) is 7.02. The average molecular weight is 346 g/mol. The van der Waals surface area contributed by atoms with Crippen LogP contribution in [0.5, 0.6) is 0 Å². The first-order valence-electron chi connectivity index (χ1n) is 7.27. The highest BCUT2D eigenvalue weighted by Crippen LogP contribution is 2.20. The van der Waals surface area contributed by atoms with Gasteiger partial charge in [-0.25, -0.2) is 4.39 Å². The van der Waals surface area contributed by atoms with E-state index >= 15 is 0 Å². The molecule has 0 aliphatic carbocycles. The van der Waals surface area contributed by atoms with Gasteiger partial charge >= 0.3 is 0 Å². The number of amides is 1. The van der Waals surface area contributed by atoms with Crippen LogP contribution in [0.4, 0.5) is 4.39 Å². The Morgan fingerprint density at radius 1 is 1.35 bits per heavy atom. The molecule has 23 heavy (non-hydrogen) atoms. The molecule has 118 valence electrons. The van der Waals surface area contributed by atoms with E-state index in [-0.39, 0.29) is 11.7 Å². The molecule has 1 aromatic carbocycles. The lowest BCUT2D eigenvalue weighted by Gasteiger charge is -2.02. The standard InChI is InChI=1S/C17H15FN2OS2/c1-2-10-20-16-13(18)6-3-7-14(16)23-17(20)19-15(21)9-8-12-5-4-11-22-12/h3-9,11H,2,10H2,1H3. The SMILES string of the molecule is CCCn1c(=NC(=O)C=Cc2cccs2)sc2cccc(F)c21. The molecule has 0 fully saturated rings. The quantitative estimate of drug-likeness (QED) is 0.643. The van der Waals surface area contributed by atoms with Crippen LogP contribution in [-0.4, -0.2) is 10.5 Å². The number of thiazole rings is 1. The maximum atomic E-state index is 14.1. The Hall–Kier alpha value is -2.05. The molecule has 3 aromatic rings. The fourth-order valence-electron chi connectivity index (χ4n) is 2.27. The van der Waals surface area contributed by atoms with E-state index in [4.69, 9.17) is 0 Å². The molecule has 0 unspecified atom stereocenters. The topological polar surface area (TPSA) is 34.4 Å². The summed E-state index contributed by atoms with van der Waals surface area (Å²) in [6.07, 6.45) is 4.03. The number of aromatic nitrogens is 1. The van der Waals surface area contributed by atoms with E-state index in [9.17, 15) is 9.18 Å². The summed E-state index contributed by atoms with van der Waals surface area (Å²) in [6.45, 7) is 2.64. The monoisotopic (exact) mass is 346 g/mol. The number of hydrogen-bond donors (Lipinski definition) is 0. The van der Waals surface area contributed by atoms with Crippen LogP contribution >= 0.6 is 22.7 Å². The van der Waals surface area contributed by atoms with Gasteiger partial charge in [0.25, 0.3) is 5.91 Å². The number of carbonyl (C=O) groups excluding carboxylic acids is 1. The van der Waals surface area contributed by atoms with Crippen molar-refractivity contribution in [2.45, 2.75) is 19.9 Å². The molecule has 0 atom stereocenters. The van der Waals surface area contributed by atoms with Crippen LogP contribution in [0.1, 0.15) is 18.2 Å². The zero-order valence-corrected chi connectivity index (χ0v) is 14.2. The van der Waals surface area contributed by atoms with E-state index < -0.39 is 0 Å². The predicted octanol–water partition coefficient (Wildman–Crippen LogP) is 4.45. The third-order valence-electron chi connectivity index (χ3n) is 3.24. The lowest BCUT2D eigenvalue weighted by molar-refractivity contribution is -0.113. The van der Waals surface area contributed by atoms with Crippen LogP contribution in [0.25, 0.3) is 16.3 Å². The van der Waals surface area contributed by atoms with E-state index in [0.29, 0.717) is 16.9 Å². The minimum atomic E-state index is -0.338. The molecule has 2 aromatic heterocycles. The second-order valence-electron chi connectivity index (χ2n) is 4.92. The Labute approximate surface area is 141 Å².